The molecule has 6 heteroatoms. The van der Waals surface area contributed by atoms with E-state index in [-0.39, 0.29) is 5.91 Å². The molecule has 0 radical (unpaired) electrons. The molecule has 1 atom stereocenters. The third kappa shape index (κ3) is 6.26. The van der Waals surface area contributed by atoms with Crippen LogP contribution in [-0.4, -0.2) is 68.1 Å². The first-order valence-electron chi connectivity index (χ1n) is 11.8. The van der Waals surface area contributed by atoms with Crippen LogP contribution in [0.1, 0.15) is 36.5 Å². The van der Waals surface area contributed by atoms with Gasteiger partial charge in [0.2, 0.25) is 0 Å². The molecule has 2 saturated heterocycles. The highest BCUT2D eigenvalue weighted by Crippen LogP contribution is 2.22. The lowest BCUT2D eigenvalue weighted by Gasteiger charge is -2.36. The van der Waals surface area contributed by atoms with Crippen LogP contribution in [0.25, 0.3) is 0 Å². The van der Waals surface area contributed by atoms with Crippen molar-refractivity contribution in [2.45, 2.75) is 26.2 Å². The lowest BCUT2D eigenvalue weighted by atomic mass is 10.0. The predicted molar refractivity (Wildman–Crippen MR) is 134 cm³/mol. The number of amides is 1. The molecule has 2 aromatic carbocycles. The average Bonchev–Trinajstić information content (AvgIpc) is 2.82. The molecular weight excluding hydrogens is 466 g/mol. The minimum Gasteiger partial charge on any atom is -0.494 e. The molecule has 172 valence electrons. The van der Waals surface area contributed by atoms with Gasteiger partial charge in [0.05, 0.1) is 6.61 Å². The highest BCUT2D eigenvalue weighted by atomic mass is 79.9. The number of hydrogen-bond donors (Lipinski definition) is 0. The summed E-state index contributed by atoms with van der Waals surface area (Å²) in [6.07, 6.45) is 3.77. The number of benzene rings is 2. The second kappa shape index (κ2) is 11.2. The van der Waals surface area contributed by atoms with Gasteiger partial charge in [-0.05, 0) is 74.2 Å². The molecule has 2 aliphatic heterocycles. The highest BCUT2D eigenvalue weighted by molar-refractivity contribution is 9.10. The van der Waals surface area contributed by atoms with E-state index in [1.165, 1.54) is 31.6 Å². The zero-order chi connectivity index (χ0) is 22.3. The van der Waals surface area contributed by atoms with Gasteiger partial charge in [-0.3, -0.25) is 4.79 Å². The first-order chi connectivity index (χ1) is 15.6. The van der Waals surface area contributed by atoms with Gasteiger partial charge in [0.25, 0.3) is 5.91 Å². The Balaban J connectivity index is 1.19. The summed E-state index contributed by atoms with van der Waals surface area (Å²) in [6.45, 7) is 9.87. The average molecular weight is 500 g/mol. The molecule has 0 saturated carbocycles. The maximum Gasteiger partial charge on any atom is 0.254 e. The van der Waals surface area contributed by atoms with Crippen molar-refractivity contribution in [3.8, 4) is 5.75 Å². The number of ether oxygens (including phenoxy) is 1. The molecule has 0 spiro atoms. The van der Waals surface area contributed by atoms with Gasteiger partial charge in [-0.15, -0.1) is 0 Å². The minimum absolute atomic E-state index is 0.105. The summed E-state index contributed by atoms with van der Waals surface area (Å²) < 4.78 is 6.91. The summed E-state index contributed by atoms with van der Waals surface area (Å²) in [5, 5.41) is 0. The Hall–Kier alpha value is -2.05. The van der Waals surface area contributed by atoms with E-state index < -0.39 is 0 Å². The van der Waals surface area contributed by atoms with E-state index in [9.17, 15) is 4.79 Å². The molecular formula is C26H34BrN3O2. The number of hydrogen-bond acceptors (Lipinski definition) is 4. The second-order valence-electron chi connectivity index (χ2n) is 9.03. The van der Waals surface area contributed by atoms with Crippen LogP contribution in [0.3, 0.4) is 0 Å². The Morgan fingerprint density at radius 3 is 2.56 bits per heavy atom. The van der Waals surface area contributed by atoms with Gasteiger partial charge in [0.15, 0.2) is 0 Å². The molecule has 0 aromatic heterocycles. The fourth-order valence-electron chi connectivity index (χ4n) is 4.69. The number of anilines is 1. The fourth-order valence-corrected chi connectivity index (χ4v) is 5.09. The summed E-state index contributed by atoms with van der Waals surface area (Å²) in [7, 11) is 0. The van der Waals surface area contributed by atoms with E-state index >= 15 is 0 Å². The standard InChI is InChI=1S/C26H34BrN3O2/c1-21-5-3-12-28(20-21)13-4-18-32-25-10-8-24(9-11-25)29-14-16-30(17-15-29)26(31)22-6-2-7-23(27)19-22/h2,6-11,19,21H,3-5,12-18,20H2,1H3. The zero-order valence-electron chi connectivity index (χ0n) is 19.0. The number of carbonyl (C=O) groups is 1. The summed E-state index contributed by atoms with van der Waals surface area (Å²) in [5.74, 6) is 1.87. The third-order valence-electron chi connectivity index (χ3n) is 6.47. The molecule has 1 amide bonds. The number of rotatable bonds is 7. The molecule has 0 N–H and O–H groups in total. The van der Waals surface area contributed by atoms with Crippen molar-refractivity contribution in [1.82, 2.24) is 9.80 Å². The Morgan fingerprint density at radius 2 is 1.84 bits per heavy atom. The minimum atomic E-state index is 0.105. The van der Waals surface area contributed by atoms with Crippen molar-refractivity contribution in [2.75, 3.05) is 57.3 Å². The van der Waals surface area contributed by atoms with Crippen LogP contribution in [0.15, 0.2) is 53.0 Å². The Kier molecular flexibility index (Phi) is 8.09. The van der Waals surface area contributed by atoms with Crippen molar-refractivity contribution in [2.24, 2.45) is 5.92 Å². The molecule has 32 heavy (non-hydrogen) atoms. The summed E-state index contributed by atoms with van der Waals surface area (Å²) >= 11 is 3.45. The molecule has 1 unspecified atom stereocenters. The zero-order valence-corrected chi connectivity index (χ0v) is 20.6. The topological polar surface area (TPSA) is 36.0 Å². The van der Waals surface area contributed by atoms with Crippen LogP contribution < -0.4 is 9.64 Å². The fraction of sp³-hybridized carbons (Fsp3) is 0.500. The highest BCUT2D eigenvalue weighted by Gasteiger charge is 2.22. The lowest BCUT2D eigenvalue weighted by molar-refractivity contribution is 0.0746. The molecule has 2 aliphatic rings. The molecule has 2 heterocycles. The number of likely N-dealkylation sites (tertiary alicyclic amines) is 1. The summed E-state index contributed by atoms with van der Waals surface area (Å²) in [5.41, 5.74) is 1.93. The van der Waals surface area contributed by atoms with Crippen molar-refractivity contribution < 1.29 is 9.53 Å². The van der Waals surface area contributed by atoms with Gasteiger partial charge in [-0.2, -0.15) is 0 Å². The third-order valence-corrected chi connectivity index (χ3v) is 6.96. The first kappa shape index (κ1) is 23.1. The number of nitrogens with zero attached hydrogens (tertiary/aromatic N) is 3. The van der Waals surface area contributed by atoms with Gasteiger partial charge in [0, 0.05) is 55.0 Å². The maximum atomic E-state index is 12.7. The van der Waals surface area contributed by atoms with Crippen LogP contribution in [0, 0.1) is 5.92 Å². The van der Waals surface area contributed by atoms with E-state index in [4.69, 9.17) is 4.74 Å². The number of carbonyl (C=O) groups excluding carboxylic acids is 1. The summed E-state index contributed by atoms with van der Waals surface area (Å²) in [6, 6.07) is 16.0. The van der Waals surface area contributed by atoms with Gasteiger partial charge in [-0.1, -0.05) is 28.9 Å². The van der Waals surface area contributed by atoms with Gasteiger partial charge >= 0.3 is 0 Å². The largest absolute Gasteiger partial charge is 0.494 e. The van der Waals surface area contributed by atoms with Crippen molar-refractivity contribution >= 4 is 27.5 Å². The Bertz CT molecular complexity index is 881. The van der Waals surface area contributed by atoms with Crippen LogP contribution in [0.2, 0.25) is 0 Å². The van der Waals surface area contributed by atoms with Crippen LogP contribution >= 0.6 is 15.9 Å². The number of piperazine rings is 1. The van der Waals surface area contributed by atoms with Crippen molar-refractivity contribution in [3.05, 3.63) is 58.6 Å². The number of halogens is 1. The van der Waals surface area contributed by atoms with Gasteiger partial charge in [0.1, 0.15) is 5.75 Å². The SMILES string of the molecule is CC1CCCN(CCCOc2ccc(N3CCN(C(=O)c4cccc(Br)c4)CC3)cc2)C1. The number of piperidine rings is 1. The van der Waals surface area contributed by atoms with E-state index in [2.05, 4.69) is 56.9 Å². The molecule has 2 fully saturated rings. The monoisotopic (exact) mass is 499 g/mol. The van der Waals surface area contributed by atoms with Crippen molar-refractivity contribution in [1.29, 1.82) is 0 Å². The van der Waals surface area contributed by atoms with Gasteiger partial charge < -0.3 is 19.4 Å². The van der Waals surface area contributed by atoms with Crippen LogP contribution in [-0.2, 0) is 0 Å². The Labute approximate surface area is 200 Å². The van der Waals surface area contributed by atoms with E-state index in [1.807, 2.05) is 29.2 Å². The first-order valence-corrected chi connectivity index (χ1v) is 12.6. The van der Waals surface area contributed by atoms with Crippen LogP contribution in [0.5, 0.6) is 5.75 Å². The van der Waals surface area contributed by atoms with E-state index in [0.29, 0.717) is 0 Å². The molecule has 5 nitrogen and oxygen atoms in total. The Morgan fingerprint density at radius 1 is 1.06 bits per heavy atom. The maximum absolute atomic E-state index is 12.7. The van der Waals surface area contributed by atoms with E-state index in [0.717, 1.165) is 67.5 Å². The lowest BCUT2D eigenvalue weighted by Crippen LogP contribution is -2.48. The molecule has 4 rings (SSSR count). The normalized spacial score (nSPS) is 19.8. The molecule has 0 aliphatic carbocycles. The summed E-state index contributed by atoms with van der Waals surface area (Å²) in [4.78, 5) is 19.6. The predicted octanol–water partition coefficient (Wildman–Crippen LogP) is 4.91. The molecule has 2 aromatic rings. The molecule has 0 bridgehead atoms. The van der Waals surface area contributed by atoms with Crippen molar-refractivity contribution in [3.63, 3.8) is 0 Å². The van der Waals surface area contributed by atoms with Crippen LogP contribution in [0.4, 0.5) is 5.69 Å². The smallest absolute Gasteiger partial charge is 0.254 e. The van der Waals surface area contributed by atoms with Gasteiger partial charge in [-0.25, -0.2) is 0 Å². The quantitative estimate of drug-likeness (QED) is 0.507. The second-order valence-corrected chi connectivity index (χ2v) is 9.95. The van der Waals surface area contributed by atoms with E-state index in [1.54, 1.807) is 0 Å².